The van der Waals surface area contributed by atoms with Crippen LogP contribution in [-0.2, 0) is 6.61 Å². The van der Waals surface area contributed by atoms with Gasteiger partial charge >= 0.3 is 0 Å². The Bertz CT molecular complexity index is 464. The summed E-state index contributed by atoms with van der Waals surface area (Å²) in [6.45, 7) is -0.212. The minimum absolute atomic E-state index is 0.212. The first kappa shape index (κ1) is 9.54. The van der Waals surface area contributed by atoms with Crippen molar-refractivity contribution in [2.45, 2.75) is 6.61 Å². The Balaban J connectivity index is 2.55. The molecule has 0 amide bonds. The molecule has 78 valence electrons. The molecule has 1 heterocycles. The first-order chi connectivity index (χ1) is 7.24. The molecule has 0 unspecified atom stereocenters. The number of hydrogen-bond acceptors (Lipinski definition) is 4. The second kappa shape index (κ2) is 3.62. The lowest BCUT2D eigenvalue weighted by Crippen LogP contribution is -2.02. The van der Waals surface area contributed by atoms with Crippen LogP contribution in [-0.4, -0.2) is 14.9 Å². The van der Waals surface area contributed by atoms with Gasteiger partial charge < -0.3 is 16.6 Å². The lowest BCUT2D eigenvalue weighted by Gasteiger charge is -2.02. The maximum Gasteiger partial charge on any atom is 0.150 e. The predicted molar refractivity (Wildman–Crippen MR) is 58.3 cm³/mol. The highest BCUT2D eigenvalue weighted by molar-refractivity contribution is 5.64. The molecule has 0 radical (unpaired) electrons. The highest BCUT2D eigenvalue weighted by Crippen LogP contribution is 2.22. The molecular weight excluding hydrogens is 192 g/mol. The van der Waals surface area contributed by atoms with Gasteiger partial charge in [-0.05, 0) is 12.1 Å². The number of aliphatic hydroxyl groups excluding tert-OH is 1. The zero-order valence-corrected chi connectivity index (χ0v) is 8.09. The number of para-hydroxylation sites is 1. The third-order valence-electron chi connectivity index (χ3n) is 2.19. The summed E-state index contributed by atoms with van der Waals surface area (Å²) in [5.74, 6) is 0.352. The Morgan fingerprint density at radius 3 is 2.40 bits per heavy atom. The van der Waals surface area contributed by atoms with Gasteiger partial charge in [0.25, 0.3) is 0 Å². The molecule has 0 aliphatic rings. The zero-order valence-electron chi connectivity index (χ0n) is 8.09. The summed E-state index contributed by atoms with van der Waals surface area (Å²) < 4.78 is 1.51. The average Bonchev–Trinajstić information content (AvgIpc) is 2.57. The van der Waals surface area contributed by atoms with Crippen molar-refractivity contribution >= 4 is 11.5 Å². The number of nitrogens with two attached hydrogens (primary N) is 2. The van der Waals surface area contributed by atoms with Crippen molar-refractivity contribution in [3.63, 3.8) is 0 Å². The van der Waals surface area contributed by atoms with Crippen LogP contribution in [0.2, 0.25) is 0 Å². The van der Waals surface area contributed by atoms with Gasteiger partial charge in [-0.1, -0.05) is 18.2 Å². The van der Waals surface area contributed by atoms with Crippen LogP contribution in [0.3, 0.4) is 0 Å². The SMILES string of the molecule is Nc1c(CO)nn(-c2ccccc2)c1N. The largest absolute Gasteiger partial charge is 0.394 e. The number of hydrogen-bond donors (Lipinski definition) is 3. The van der Waals surface area contributed by atoms with E-state index >= 15 is 0 Å². The summed E-state index contributed by atoms with van der Waals surface area (Å²) in [6, 6.07) is 9.39. The van der Waals surface area contributed by atoms with Gasteiger partial charge in [0.2, 0.25) is 0 Å². The van der Waals surface area contributed by atoms with E-state index in [1.54, 1.807) is 0 Å². The zero-order chi connectivity index (χ0) is 10.8. The highest BCUT2D eigenvalue weighted by Gasteiger charge is 2.12. The molecule has 1 aromatic carbocycles. The minimum atomic E-state index is -0.212. The first-order valence-corrected chi connectivity index (χ1v) is 4.53. The molecule has 0 saturated carbocycles. The van der Waals surface area contributed by atoms with Crippen LogP contribution in [0.5, 0.6) is 0 Å². The summed E-state index contributed by atoms with van der Waals surface area (Å²) in [4.78, 5) is 0. The lowest BCUT2D eigenvalue weighted by atomic mass is 10.3. The molecule has 0 atom stereocenters. The number of aliphatic hydroxyl groups is 1. The molecule has 2 aromatic rings. The maximum absolute atomic E-state index is 8.99. The Hall–Kier alpha value is -2.01. The lowest BCUT2D eigenvalue weighted by molar-refractivity contribution is 0.277. The van der Waals surface area contributed by atoms with E-state index in [1.165, 1.54) is 4.68 Å². The van der Waals surface area contributed by atoms with E-state index < -0.39 is 0 Å². The highest BCUT2D eigenvalue weighted by atomic mass is 16.3. The van der Waals surface area contributed by atoms with Gasteiger partial charge in [0.15, 0.2) is 5.82 Å². The standard InChI is InChI=1S/C10H12N4O/c11-9-8(6-15)13-14(10(9)12)7-4-2-1-3-5-7/h1-5,15H,6,11-12H2. The van der Waals surface area contributed by atoms with Crippen LogP contribution < -0.4 is 11.5 Å². The molecule has 0 saturated heterocycles. The van der Waals surface area contributed by atoms with Gasteiger partial charge in [-0.2, -0.15) is 5.10 Å². The molecule has 0 aliphatic carbocycles. The monoisotopic (exact) mass is 204 g/mol. The van der Waals surface area contributed by atoms with E-state index in [0.29, 0.717) is 17.2 Å². The number of nitrogens with zero attached hydrogens (tertiary/aromatic N) is 2. The molecule has 15 heavy (non-hydrogen) atoms. The molecule has 5 heteroatoms. The molecule has 5 N–H and O–H groups in total. The Morgan fingerprint density at radius 1 is 1.20 bits per heavy atom. The summed E-state index contributed by atoms with van der Waals surface area (Å²) in [6.07, 6.45) is 0. The summed E-state index contributed by atoms with van der Waals surface area (Å²) in [7, 11) is 0. The van der Waals surface area contributed by atoms with Crippen LogP contribution in [0.1, 0.15) is 5.69 Å². The van der Waals surface area contributed by atoms with E-state index in [4.69, 9.17) is 16.6 Å². The van der Waals surface area contributed by atoms with Gasteiger partial charge in [0, 0.05) is 0 Å². The summed E-state index contributed by atoms with van der Waals surface area (Å²) in [5, 5.41) is 13.1. The molecule has 0 bridgehead atoms. The molecule has 0 aliphatic heterocycles. The van der Waals surface area contributed by atoms with Crippen LogP contribution in [0, 0.1) is 0 Å². The molecular formula is C10H12N4O. The third-order valence-corrected chi connectivity index (χ3v) is 2.19. The van der Waals surface area contributed by atoms with E-state index in [0.717, 1.165) is 5.69 Å². The Morgan fingerprint density at radius 2 is 1.87 bits per heavy atom. The Kier molecular flexibility index (Phi) is 2.31. The maximum atomic E-state index is 8.99. The molecule has 0 fully saturated rings. The predicted octanol–water partition coefficient (Wildman–Crippen LogP) is 0.529. The third kappa shape index (κ3) is 1.53. The number of aromatic nitrogens is 2. The van der Waals surface area contributed by atoms with Gasteiger partial charge in [0.1, 0.15) is 11.4 Å². The minimum Gasteiger partial charge on any atom is -0.394 e. The second-order valence-electron chi connectivity index (χ2n) is 3.15. The van der Waals surface area contributed by atoms with Crippen LogP contribution in [0.4, 0.5) is 11.5 Å². The second-order valence-corrected chi connectivity index (χ2v) is 3.15. The normalized spacial score (nSPS) is 10.5. The van der Waals surface area contributed by atoms with E-state index in [-0.39, 0.29) is 6.61 Å². The topological polar surface area (TPSA) is 90.1 Å². The number of benzene rings is 1. The van der Waals surface area contributed by atoms with Crippen molar-refractivity contribution in [1.82, 2.24) is 9.78 Å². The van der Waals surface area contributed by atoms with Crippen molar-refractivity contribution in [3.8, 4) is 5.69 Å². The van der Waals surface area contributed by atoms with E-state index in [2.05, 4.69) is 5.10 Å². The van der Waals surface area contributed by atoms with Crippen molar-refractivity contribution in [3.05, 3.63) is 36.0 Å². The van der Waals surface area contributed by atoms with Crippen LogP contribution in [0.25, 0.3) is 5.69 Å². The summed E-state index contributed by atoms with van der Waals surface area (Å²) >= 11 is 0. The smallest absolute Gasteiger partial charge is 0.150 e. The fourth-order valence-corrected chi connectivity index (χ4v) is 1.37. The number of nitrogen functional groups attached to an aromatic ring is 2. The molecule has 1 aromatic heterocycles. The fourth-order valence-electron chi connectivity index (χ4n) is 1.37. The fraction of sp³-hybridized carbons (Fsp3) is 0.100. The van der Waals surface area contributed by atoms with Crippen molar-refractivity contribution in [2.75, 3.05) is 11.5 Å². The van der Waals surface area contributed by atoms with Crippen molar-refractivity contribution < 1.29 is 5.11 Å². The number of anilines is 2. The molecule has 2 rings (SSSR count). The van der Waals surface area contributed by atoms with Crippen molar-refractivity contribution in [2.24, 2.45) is 0 Å². The van der Waals surface area contributed by atoms with Gasteiger partial charge in [-0.3, -0.25) is 0 Å². The first-order valence-electron chi connectivity index (χ1n) is 4.53. The van der Waals surface area contributed by atoms with Crippen LogP contribution >= 0.6 is 0 Å². The average molecular weight is 204 g/mol. The van der Waals surface area contributed by atoms with Gasteiger partial charge in [-0.25, -0.2) is 4.68 Å². The molecule has 0 spiro atoms. The van der Waals surface area contributed by atoms with E-state index in [1.807, 2.05) is 30.3 Å². The Labute approximate surface area is 86.9 Å². The quantitative estimate of drug-likeness (QED) is 0.665. The van der Waals surface area contributed by atoms with Crippen molar-refractivity contribution in [1.29, 1.82) is 0 Å². The van der Waals surface area contributed by atoms with Gasteiger partial charge in [0.05, 0.1) is 12.3 Å². The van der Waals surface area contributed by atoms with Crippen LogP contribution in [0.15, 0.2) is 30.3 Å². The van der Waals surface area contributed by atoms with E-state index in [9.17, 15) is 0 Å². The van der Waals surface area contributed by atoms with Gasteiger partial charge in [-0.15, -0.1) is 0 Å². The number of rotatable bonds is 2. The molecule has 5 nitrogen and oxygen atoms in total. The summed E-state index contributed by atoms with van der Waals surface area (Å²) in [5.41, 5.74) is 13.0.